The first-order valence-corrected chi connectivity index (χ1v) is 10.4. The van der Waals surface area contributed by atoms with Crippen LogP contribution >= 0.6 is 0 Å². The van der Waals surface area contributed by atoms with E-state index in [-0.39, 0.29) is 36.2 Å². The minimum Gasteiger partial charge on any atom is -0.481 e. The van der Waals surface area contributed by atoms with Crippen LogP contribution in [0.3, 0.4) is 0 Å². The number of carboxylic acid groups (broad SMARTS) is 4. The van der Waals surface area contributed by atoms with E-state index in [0.717, 1.165) is 25.7 Å². The van der Waals surface area contributed by atoms with E-state index >= 15 is 0 Å². The predicted octanol–water partition coefficient (Wildman–Crippen LogP) is 2.58. The zero-order valence-corrected chi connectivity index (χ0v) is 17.9. The Bertz CT molecular complexity index is 645. The van der Waals surface area contributed by atoms with E-state index in [2.05, 4.69) is 0 Å². The van der Waals surface area contributed by atoms with Gasteiger partial charge >= 0.3 is 23.9 Å². The van der Waals surface area contributed by atoms with Crippen molar-refractivity contribution in [3.05, 3.63) is 35.4 Å². The van der Waals surface area contributed by atoms with Crippen molar-refractivity contribution in [1.82, 2.24) is 0 Å². The van der Waals surface area contributed by atoms with Gasteiger partial charge in [-0.1, -0.05) is 12.8 Å². The van der Waals surface area contributed by atoms with Gasteiger partial charge < -0.3 is 30.6 Å². The summed E-state index contributed by atoms with van der Waals surface area (Å²) in [6, 6.07) is 5.02. The van der Waals surface area contributed by atoms with E-state index in [1.54, 1.807) is 0 Å². The summed E-state index contributed by atoms with van der Waals surface area (Å²) in [5.41, 5.74) is 0.167. The van der Waals surface area contributed by atoms with Crippen LogP contribution in [0.2, 0.25) is 0 Å². The first kappa shape index (κ1) is 29.0. The van der Waals surface area contributed by atoms with Crippen molar-refractivity contribution in [2.24, 2.45) is 11.8 Å². The Balaban J connectivity index is 0.000000462. The van der Waals surface area contributed by atoms with Gasteiger partial charge in [0.1, 0.15) is 0 Å². The second-order valence-electron chi connectivity index (χ2n) is 7.27. The summed E-state index contributed by atoms with van der Waals surface area (Å²) >= 11 is 0. The Morgan fingerprint density at radius 1 is 0.594 bits per heavy atom. The zero-order chi connectivity index (χ0) is 24.5. The molecular weight excluding hydrogens is 424 g/mol. The van der Waals surface area contributed by atoms with Crippen molar-refractivity contribution in [3.8, 4) is 0 Å². The molecule has 0 bridgehead atoms. The third-order valence-electron chi connectivity index (χ3n) is 4.87. The molecule has 10 heteroatoms. The molecule has 32 heavy (non-hydrogen) atoms. The Morgan fingerprint density at radius 2 is 0.875 bits per heavy atom. The number of benzene rings is 1. The average Bonchev–Trinajstić information content (AvgIpc) is 2.77. The van der Waals surface area contributed by atoms with Crippen molar-refractivity contribution in [1.29, 1.82) is 0 Å². The lowest BCUT2D eigenvalue weighted by Crippen LogP contribution is -2.25. The smallest absolute Gasteiger partial charge is 0.335 e. The maximum atomic E-state index is 10.5. The molecule has 0 saturated heterocycles. The topological polar surface area (TPSA) is 190 Å². The van der Waals surface area contributed by atoms with Gasteiger partial charge in [-0.15, -0.1) is 0 Å². The SMILES string of the molecule is O=C(O)C1CCC(C(=O)O)CC1.O=C(O)c1ccc(C(=O)O)cc1.OCCCCCCO. The Morgan fingerprint density at radius 3 is 1.06 bits per heavy atom. The van der Waals surface area contributed by atoms with Crippen LogP contribution in [0.25, 0.3) is 0 Å². The number of carboxylic acids is 4. The van der Waals surface area contributed by atoms with Gasteiger partial charge in [0, 0.05) is 13.2 Å². The van der Waals surface area contributed by atoms with Crippen LogP contribution in [-0.2, 0) is 9.59 Å². The highest BCUT2D eigenvalue weighted by molar-refractivity contribution is 5.91. The Hall–Kier alpha value is -2.98. The fraction of sp³-hybridized carbons (Fsp3) is 0.545. The highest BCUT2D eigenvalue weighted by atomic mass is 16.4. The lowest BCUT2D eigenvalue weighted by Gasteiger charge is -2.22. The minimum atomic E-state index is -1.06. The van der Waals surface area contributed by atoms with Gasteiger partial charge in [-0.05, 0) is 62.8 Å². The van der Waals surface area contributed by atoms with E-state index < -0.39 is 23.9 Å². The standard InChI is InChI=1S/C8H12O4.C8H6O4.C6H14O2/c2*9-7(10)5-1-2-6(4-3-5)8(11)12;7-5-3-1-2-4-6-8/h5-6H,1-4H2,(H,9,10)(H,11,12);1-4H,(H,9,10)(H,11,12);7-8H,1-6H2. The summed E-state index contributed by atoms with van der Waals surface area (Å²) < 4.78 is 0. The molecule has 6 N–H and O–H groups in total. The number of aliphatic carboxylic acids is 2. The molecule has 1 saturated carbocycles. The van der Waals surface area contributed by atoms with E-state index in [4.69, 9.17) is 30.6 Å². The number of rotatable bonds is 9. The Labute approximate surface area is 186 Å². The molecule has 180 valence electrons. The highest BCUT2D eigenvalue weighted by Gasteiger charge is 2.29. The van der Waals surface area contributed by atoms with Crippen LogP contribution in [-0.4, -0.2) is 67.7 Å². The van der Waals surface area contributed by atoms with Crippen LogP contribution in [0.1, 0.15) is 72.1 Å². The zero-order valence-electron chi connectivity index (χ0n) is 17.9. The van der Waals surface area contributed by atoms with Crippen LogP contribution in [0, 0.1) is 11.8 Å². The van der Waals surface area contributed by atoms with Gasteiger partial charge in [0.2, 0.25) is 0 Å². The second-order valence-corrected chi connectivity index (χ2v) is 7.27. The molecule has 0 atom stereocenters. The van der Waals surface area contributed by atoms with Crippen molar-refractivity contribution >= 4 is 23.9 Å². The summed E-state index contributed by atoms with van der Waals surface area (Å²) in [6.45, 7) is 0.566. The van der Waals surface area contributed by atoms with Crippen LogP contribution in [0.5, 0.6) is 0 Å². The van der Waals surface area contributed by atoms with Crippen molar-refractivity contribution in [2.45, 2.75) is 51.4 Å². The fourth-order valence-corrected chi connectivity index (χ4v) is 2.92. The molecule has 0 amide bonds. The monoisotopic (exact) mass is 456 g/mol. The number of aliphatic hydroxyl groups excluding tert-OH is 2. The molecule has 1 aromatic rings. The summed E-state index contributed by atoms with van der Waals surface area (Å²) in [5.74, 6) is -4.35. The minimum absolute atomic E-state index is 0.0833. The summed E-state index contributed by atoms with van der Waals surface area (Å²) in [7, 11) is 0. The molecule has 1 aliphatic rings. The van der Waals surface area contributed by atoms with Gasteiger partial charge in [0.05, 0.1) is 23.0 Å². The second kappa shape index (κ2) is 16.7. The lowest BCUT2D eigenvalue weighted by atomic mass is 9.82. The molecular formula is C22H32O10. The largest absolute Gasteiger partial charge is 0.481 e. The molecule has 2 rings (SSSR count). The molecule has 0 radical (unpaired) electrons. The first-order valence-electron chi connectivity index (χ1n) is 10.4. The first-order chi connectivity index (χ1) is 15.1. The maximum Gasteiger partial charge on any atom is 0.335 e. The molecule has 1 aliphatic carbocycles. The number of carbonyl (C=O) groups is 4. The third-order valence-corrected chi connectivity index (χ3v) is 4.87. The summed E-state index contributed by atoms with van der Waals surface area (Å²) in [4.78, 5) is 41.6. The summed E-state index contributed by atoms with van der Waals surface area (Å²) in [5, 5.41) is 50.8. The molecule has 0 unspecified atom stereocenters. The van der Waals surface area contributed by atoms with Gasteiger partial charge in [-0.2, -0.15) is 0 Å². The van der Waals surface area contributed by atoms with Crippen LogP contribution in [0.4, 0.5) is 0 Å². The molecule has 10 nitrogen and oxygen atoms in total. The number of unbranched alkanes of at least 4 members (excludes halogenated alkanes) is 3. The lowest BCUT2D eigenvalue weighted by molar-refractivity contribution is -0.148. The van der Waals surface area contributed by atoms with Gasteiger partial charge in [-0.3, -0.25) is 9.59 Å². The molecule has 0 heterocycles. The number of aliphatic hydroxyl groups is 2. The van der Waals surface area contributed by atoms with Gasteiger partial charge in [-0.25, -0.2) is 9.59 Å². The van der Waals surface area contributed by atoms with Crippen molar-refractivity contribution in [3.63, 3.8) is 0 Å². The van der Waals surface area contributed by atoms with Gasteiger partial charge in [0.25, 0.3) is 0 Å². The number of hydrogen-bond acceptors (Lipinski definition) is 6. The number of aromatic carboxylic acids is 2. The molecule has 1 fully saturated rings. The highest BCUT2D eigenvalue weighted by Crippen LogP contribution is 2.28. The number of hydrogen-bond donors (Lipinski definition) is 6. The van der Waals surface area contributed by atoms with E-state index in [1.165, 1.54) is 24.3 Å². The summed E-state index contributed by atoms with van der Waals surface area (Å²) in [6.07, 6.45) is 5.85. The van der Waals surface area contributed by atoms with E-state index in [1.807, 2.05) is 0 Å². The van der Waals surface area contributed by atoms with Gasteiger partial charge in [0.15, 0.2) is 0 Å². The predicted molar refractivity (Wildman–Crippen MR) is 114 cm³/mol. The maximum absolute atomic E-state index is 10.5. The van der Waals surface area contributed by atoms with E-state index in [0.29, 0.717) is 25.7 Å². The van der Waals surface area contributed by atoms with E-state index in [9.17, 15) is 19.2 Å². The van der Waals surface area contributed by atoms with Crippen LogP contribution in [0.15, 0.2) is 24.3 Å². The Kier molecular flexibility index (Phi) is 15.1. The molecule has 0 spiro atoms. The molecule has 0 aliphatic heterocycles. The average molecular weight is 456 g/mol. The molecule has 0 aromatic heterocycles. The molecule has 1 aromatic carbocycles. The van der Waals surface area contributed by atoms with Crippen molar-refractivity contribution < 1.29 is 49.8 Å². The fourth-order valence-electron chi connectivity index (χ4n) is 2.92. The third kappa shape index (κ3) is 12.7. The van der Waals surface area contributed by atoms with Crippen LogP contribution < -0.4 is 0 Å². The normalized spacial score (nSPS) is 17.1. The quantitative estimate of drug-likeness (QED) is 0.301. The van der Waals surface area contributed by atoms with Crippen molar-refractivity contribution in [2.75, 3.05) is 13.2 Å².